The summed E-state index contributed by atoms with van der Waals surface area (Å²) in [5.41, 5.74) is 4.15. The first kappa shape index (κ1) is 26.1. The van der Waals surface area contributed by atoms with Gasteiger partial charge >= 0.3 is 6.09 Å². The Morgan fingerprint density at radius 2 is 1.67 bits per heavy atom. The zero-order valence-corrected chi connectivity index (χ0v) is 22.8. The quantitative estimate of drug-likeness (QED) is 0.192. The SMILES string of the molecule is Cc1cc(NC(=O)Oc2[nH]c3ccc(NS(=O)(=O)c4ccc(C(C)(C)C)cc4)cc3c2-c2ccccc2)[nH]n1. The number of fused-ring (bicyclic) bond motifs is 1. The van der Waals surface area contributed by atoms with Crippen LogP contribution in [0, 0.1) is 6.92 Å². The summed E-state index contributed by atoms with van der Waals surface area (Å²) in [5, 5.41) is 10.0. The van der Waals surface area contributed by atoms with Crippen molar-refractivity contribution in [3.8, 4) is 17.0 Å². The zero-order chi connectivity index (χ0) is 27.8. The first-order valence-corrected chi connectivity index (χ1v) is 13.8. The van der Waals surface area contributed by atoms with Crippen molar-refractivity contribution in [1.82, 2.24) is 15.2 Å². The van der Waals surface area contributed by atoms with Crippen LogP contribution in [0.2, 0.25) is 0 Å². The number of carbonyl (C=O) groups is 1. The van der Waals surface area contributed by atoms with E-state index in [1.165, 1.54) is 0 Å². The lowest BCUT2D eigenvalue weighted by molar-refractivity contribution is 0.214. The molecule has 0 bridgehead atoms. The van der Waals surface area contributed by atoms with Gasteiger partial charge < -0.3 is 9.72 Å². The number of benzene rings is 3. The van der Waals surface area contributed by atoms with E-state index < -0.39 is 16.1 Å². The lowest BCUT2D eigenvalue weighted by atomic mass is 9.87. The topological polar surface area (TPSA) is 129 Å². The van der Waals surface area contributed by atoms with Crippen LogP contribution >= 0.6 is 0 Å². The summed E-state index contributed by atoms with van der Waals surface area (Å²) in [5.74, 6) is 0.629. The first-order valence-electron chi connectivity index (χ1n) is 12.3. The fourth-order valence-electron chi connectivity index (χ4n) is 4.26. The van der Waals surface area contributed by atoms with Crippen molar-refractivity contribution >= 4 is 38.5 Å². The molecule has 0 aliphatic heterocycles. The highest BCUT2D eigenvalue weighted by atomic mass is 32.2. The predicted molar refractivity (Wildman–Crippen MR) is 153 cm³/mol. The Morgan fingerprint density at radius 1 is 0.949 bits per heavy atom. The second kappa shape index (κ2) is 9.95. The van der Waals surface area contributed by atoms with E-state index in [1.54, 1.807) is 43.3 Å². The van der Waals surface area contributed by atoms with Gasteiger partial charge in [-0.15, -0.1) is 0 Å². The molecule has 2 aromatic heterocycles. The van der Waals surface area contributed by atoms with Crippen molar-refractivity contribution in [3.63, 3.8) is 0 Å². The molecule has 0 atom stereocenters. The van der Waals surface area contributed by atoms with Crippen molar-refractivity contribution in [3.05, 3.63) is 90.1 Å². The van der Waals surface area contributed by atoms with Gasteiger partial charge in [0.15, 0.2) is 0 Å². The second-order valence-electron chi connectivity index (χ2n) is 10.3. The maximum absolute atomic E-state index is 13.2. The normalized spacial score (nSPS) is 11.9. The average Bonchev–Trinajstić information content (AvgIpc) is 3.45. The minimum atomic E-state index is -3.83. The van der Waals surface area contributed by atoms with E-state index in [-0.39, 0.29) is 16.2 Å². The molecule has 200 valence electrons. The number of nitrogens with zero attached hydrogens (tertiary/aromatic N) is 1. The highest BCUT2D eigenvalue weighted by Crippen LogP contribution is 2.39. The number of hydrogen-bond donors (Lipinski definition) is 4. The summed E-state index contributed by atoms with van der Waals surface area (Å²) >= 11 is 0. The summed E-state index contributed by atoms with van der Waals surface area (Å²) in [6, 6.07) is 23.1. The summed E-state index contributed by atoms with van der Waals surface area (Å²) in [4.78, 5) is 16.0. The van der Waals surface area contributed by atoms with Crippen LogP contribution in [0.3, 0.4) is 0 Å². The van der Waals surface area contributed by atoms with Crippen molar-refractivity contribution in [2.24, 2.45) is 0 Å². The van der Waals surface area contributed by atoms with E-state index in [0.29, 0.717) is 28.0 Å². The molecule has 0 aliphatic carbocycles. The van der Waals surface area contributed by atoms with Crippen molar-refractivity contribution in [1.29, 1.82) is 0 Å². The number of aryl methyl sites for hydroxylation is 1. The van der Waals surface area contributed by atoms with Gasteiger partial charge in [0.1, 0.15) is 5.82 Å². The van der Waals surface area contributed by atoms with Gasteiger partial charge in [-0.2, -0.15) is 5.10 Å². The number of anilines is 2. The molecule has 0 saturated heterocycles. The number of aromatic amines is 2. The second-order valence-corrected chi connectivity index (χ2v) is 12.0. The van der Waals surface area contributed by atoms with Crippen LogP contribution in [0.15, 0.2) is 83.8 Å². The summed E-state index contributed by atoms with van der Waals surface area (Å²) < 4.78 is 34.7. The molecule has 4 N–H and O–H groups in total. The molecule has 39 heavy (non-hydrogen) atoms. The minimum absolute atomic E-state index is 0.0865. The zero-order valence-electron chi connectivity index (χ0n) is 22.0. The molecule has 0 saturated carbocycles. The van der Waals surface area contributed by atoms with E-state index in [0.717, 1.165) is 16.8 Å². The van der Waals surface area contributed by atoms with Crippen LogP contribution in [-0.2, 0) is 15.4 Å². The maximum atomic E-state index is 13.2. The summed E-state index contributed by atoms with van der Waals surface area (Å²) in [6.07, 6.45) is -0.706. The molecule has 9 nitrogen and oxygen atoms in total. The number of H-pyrrole nitrogens is 2. The number of ether oxygens (including phenoxy) is 1. The third-order valence-electron chi connectivity index (χ3n) is 6.25. The van der Waals surface area contributed by atoms with Gasteiger partial charge in [-0.1, -0.05) is 63.2 Å². The molecule has 0 unspecified atom stereocenters. The number of nitrogens with one attached hydrogen (secondary N) is 4. The lowest BCUT2D eigenvalue weighted by Crippen LogP contribution is -2.17. The van der Waals surface area contributed by atoms with E-state index >= 15 is 0 Å². The Morgan fingerprint density at radius 3 is 2.31 bits per heavy atom. The Bertz CT molecular complexity index is 1750. The molecule has 10 heteroatoms. The number of hydrogen-bond acceptors (Lipinski definition) is 5. The number of aromatic nitrogens is 3. The van der Waals surface area contributed by atoms with Crippen LogP contribution in [0.1, 0.15) is 32.0 Å². The lowest BCUT2D eigenvalue weighted by Gasteiger charge is -2.19. The number of amides is 1. The fraction of sp³-hybridized carbons (Fsp3) is 0.172. The van der Waals surface area contributed by atoms with Crippen molar-refractivity contribution in [2.45, 2.75) is 38.0 Å². The highest BCUT2D eigenvalue weighted by molar-refractivity contribution is 7.92. The number of sulfonamides is 1. The monoisotopic (exact) mass is 543 g/mol. The largest absolute Gasteiger partial charge is 0.419 e. The van der Waals surface area contributed by atoms with E-state index in [2.05, 4.69) is 46.0 Å². The number of rotatable bonds is 6. The molecular weight excluding hydrogens is 514 g/mol. The van der Waals surface area contributed by atoms with Gasteiger partial charge in [0.25, 0.3) is 10.0 Å². The van der Waals surface area contributed by atoms with Gasteiger partial charge in [-0.05, 0) is 53.8 Å². The van der Waals surface area contributed by atoms with Crippen molar-refractivity contribution < 1.29 is 17.9 Å². The van der Waals surface area contributed by atoms with Crippen molar-refractivity contribution in [2.75, 3.05) is 10.0 Å². The molecule has 3 aromatic carbocycles. The average molecular weight is 544 g/mol. The third-order valence-corrected chi connectivity index (χ3v) is 7.64. The molecular formula is C29H29N5O4S. The van der Waals surface area contributed by atoms with Gasteiger partial charge in [-0.3, -0.25) is 15.1 Å². The van der Waals surface area contributed by atoms with E-state index in [9.17, 15) is 13.2 Å². The van der Waals surface area contributed by atoms with E-state index in [4.69, 9.17) is 4.74 Å². The molecule has 0 radical (unpaired) electrons. The first-order chi connectivity index (χ1) is 18.5. The predicted octanol–water partition coefficient (Wildman–Crippen LogP) is 6.58. The summed E-state index contributed by atoms with van der Waals surface area (Å²) in [6.45, 7) is 8.02. The number of carbonyl (C=O) groups excluding carboxylic acids is 1. The molecule has 1 amide bonds. The van der Waals surface area contributed by atoms with Gasteiger partial charge in [0, 0.05) is 22.7 Å². The molecule has 5 aromatic rings. The van der Waals surface area contributed by atoms with Gasteiger partial charge in [0.05, 0.1) is 16.2 Å². The van der Waals surface area contributed by atoms with Gasteiger partial charge in [-0.25, -0.2) is 13.2 Å². The molecule has 5 rings (SSSR count). The van der Waals surface area contributed by atoms with E-state index in [1.807, 2.05) is 42.5 Å². The third kappa shape index (κ3) is 5.65. The Hall–Kier alpha value is -4.57. The van der Waals surface area contributed by atoms with Crippen LogP contribution in [0.25, 0.3) is 22.0 Å². The Kier molecular flexibility index (Phi) is 6.65. The Balaban J connectivity index is 1.48. The highest BCUT2D eigenvalue weighted by Gasteiger charge is 2.21. The van der Waals surface area contributed by atoms with Gasteiger partial charge in [0.2, 0.25) is 5.88 Å². The molecule has 0 aliphatic rings. The van der Waals surface area contributed by atoms with Crippen LogP contribution in [0.4, 0.5) is 16.3 Å². The van der Waals surface area contributed by atoms with Crippen LogP contribution < -0.4 is 14.8 Å². The van der Waals surface area contributed by atoms with Crippen LogP contribution in [0.5, 0.6) is 5.88 Å². The maximum Gasteiger partial charge on any atom is 0.419 e. The summed E-state index contributed by atoms with van der Waals surface area (Å²) in [7, 11) is -3.83. The Labute approximate surface area is 226 Å². The van der Waals surface area contributed by atoms with Crippen LogP contribution in [-0.4, -0.2) is 29.7 Å². The molecule has 2 heterocycles. The molecule has 0 fully saturated rings. The molecule has 0 spiro atoms. The fourth-order valence-corrected chi connectivity index (χ4v) is 5.31. The smallest absolute Gasteiger partial charge is 0.392 e. The standard InChI is InChI=1S/C29H29N5O4S/c1-18-16-25(33-32-18)31-28(35)38-27-26(19-8-6-5-7-9-19)23-17-21(12-15-24(23)30-27)34-39(36,37)22-13-10-20(11-14-22)29(2,3)4/h5-17,30,34H,1-4H3,(H2,31,32,33,35). The minimum Gasteiger partial charge on any atom is -0.392 e.